The second-order valence-electron chi connectivity index (χ2n) is 13.8. The van der Waals surface area contributed by atoms with Crippen molar-refractivity contribution in [2.75, 3.05) is 12.3 Å². The molecule has 1 atom stereocenters. The van der Waals surface area contributed by atoms with Crippen molar-refractivity contribution in [2.24, 2.45) is 35.5 Å². The molecular formula is C47H52NP2Ru+. The molecule has 7 rings (SSSR count). The van der Waals surface area contributed by atoms with Gasteiger partial charge < -0.3 is 0 Å². The summed E-state index contributed by atoms with van der Waals surface area (Å²) in [5, 5.41) is 14.4. The Morgan fingerprint density at radius 1 is 0.471 bits per heavy atom. The Labute approximate surface area is 323 Å². The van der Waals surface area contributed by atoms with E-state index in [0.29, 0.717) is 0 Å². The first-order valence-corrected chi connectivity index (χ1v) is 21.3. The van der Waals surface area contributed by atoms with Gasteiger partial charge in [0.15, 0.2) is 0 Å². The van der Waals surface area contributed by atoms with E-state index < -0.39 is 0 Å². The molecule has 1 saturated carbocycles. The summed E-state index contributed by atoms with van der Waals surface area (Å²) in [6, 6.07) is 56.3. The van der Waals surface area contributed by atoms with Gasteiger partial charge in [-0.25, -0.2) is 5.57 Å². The molecule has 0 amide bonds. The number of allylic oxidation sites excluding steroid dienone is 2. The summed E-state index contributed by atoms with van der Waals surface area (Å²) in [5.74, 6) is 4.63. The normalized spacial score (nSPS) is 21.6. The minimum absolute atomic E-state index is 0. The van der Waals surface area contributed by atoms with E-state index in [-0.39, 0.29) is 41.2 Å². The van der Waals surface area contributed by atoms with Crippen LogP contribution in [0.25, 0.3) is 5.57 Å². The van der Waals surface area contributed by atoms with Gasteiger partial charge in [0.25, 0.3) is 0 Å². The van der Waals surface area contributed by atoms with Crippen molar-refractivity contribution in [1.82, 2.24) is 0 Å². The van der Waals surface area contributed by atoms with Crippen LogP contribution >= 0.6 is 15.8 Å². The van der Waals surface area contributed by atoms with Gasteiger partial charge in [-0.15, -0.1) is 12.1 Å². The Morgan fingerprint density at radius 2 is 0.745 bits per heavy atom. The summed E-state index contributed by atoms with van der Waals surface area (Å²) in [6.45, 7) is 12.0. The van der Waals surface area contributed by atoms with E-state index in [9.17, 15) is 0 Å². The Hall–Kier alpha value is -3.19. The quantitative estimate of drug-likeness (QED) is 0.0828. The van der Waals surface area contributed by atoms with E-state index in [0.717, 1.165) is 40.7 Å². The van der Waals surface area contributed by atoms with Gasteiger partial charge in [-0.3, -0.25) is 6.08 Å². The van der Waals surface area contributed by atoms with Crippen LogP contribution in [0.3, 0.4) is 0 Å². The molecule has 0 spiro atoms. The van der Waals surface area contributed by atoms with Crippen LogP contribution in [0.1, 0.15) is 46.6 Å². The smallest absolute Gasteiger partial charge is 0.252 e. The Balaban J connectivity index is 0.000000216. The Kier molecular flexibility index (Phi) is 16.5. The molecule has 0 heterocycles. The molecule has 1 fully saturated rings. The van der Waals surface area contributed by atoms with Crippen molar-refractivity contribution < 1.29 is 19.5 Å². The fourth-order valence-electron chi connectivity index (χ4n) is 7.11. The number of hydrogen-bond donors (Lipinski definition) is 0. The van der Waals surface area contributed by atoms with Gasteiger partial charge in [-0.1, -0.05) is 174 Å². The molecule has 0 N–H and O–H groups in total. The third-order valence-electron chi connectivity index (χ3n) is 10.9. The molecule has 5 aromatic rings. The van der Waals surface area contributed by atoms with Crippen LogP contribution in [-0.2, 0) is 19.5 Å². The van der Waals surface area contributed by atoms with Crippen molar-refractivity contribution in [1.29, 1.82) is 5.26 Å². The zero-order valence-electron chi connectivity index (χ0n) is 30.7. The average Bonchev–Trinajstić information content (AvgIpc) is 3.96. The van der Waals surface area contributed by atoms with Gasteiger partial charge in [0, 0.05) is 0 Å². The van der Waals surface area contributed by atoms with Crippen LogP contribution in [0.15, 0.2) is 152 Å². The molecule has 2 aliphatic rings. The number of nitrogens with zero attached hydrogens (tertiary/aromatic N) is 1. The molecule has 0 aliphatic heterocycles. The van der Waals surface area contributed by atoms with Crippen molar-refractivity contribution in [3.63, 3.8) is 0 Å². The minimum atomic E-state index is -0.309. The van der Waals surface area contributed by atoms with Crippen LogP contribution in [0.4, 0.5) is 0 Å². The first kappa shape index (κ1) is 40.6. The summed E-state index contributed by atoms with van der Waals surface area (Å²) in [7, 11) is -0.618. The molecule has 0 saturated heterocycles. The largest absolute Gasteiger partial charge is 2.00 e. The fourth-order valence-corrected chi connectivity index (χ4v) is 12.1. The van der Waals surface area contributed by atoms with E-state index in [1.54, 1.807) is 0 Å². The number of nitriles is 1. The second kappa shape index (κ2) is 20.7. The van der Waals surface area contributed by atoms with Crippen molar-refractivity contribution in [2.45, 2.75) is 41.0 Å². The molecule has 1 unspecified atom stereocenters. The fraction of sp³-hybridized carbons (Fsp3) is 0.298. The van der Waals surface area contributed by atoms with E-state index in [1.165, 1.54) is 40.0 Å². The van der Waals surface area contributed by atoms with Gasteiger partial charge in [-0.2, -0.15) is 10.8 Å². The Bertz CT molecular complexity index is 1570. The standard InChI is InChI=1S/C27H26P2.C10H6N.C10H20.Ru/c1-5-14-24(15-6-1)28(25-16-7-2-8-17-25)22-13-23-29(26-18-9-3-10-19-26)27-20-11-4-12-21-27;11-7-9-6-10(9)8-4-2-1-3-5-8;1-6-7(2)9(4)10(5)8(6)3;/h1-12,14-21H,13,22-23H2;1-5,9H;6-10H,1-5H3;/q;-1;;+2. The monoisotopic (exact) mass is 794 g/mol. The van der Waals surface area contributed by atoms with Crippen molar-refractivity contribution in [3.8, 4) is 6.07 Å². The molecule has 1 nitrogen and oxygen atoms in total. The maximum absolute atomic E-state index is 8.50. The zero-order valence-corrected chi connectivity index (χ0v) is 34.2. The van der Waals surface area contributed by atoms with Crippen molar-refractivity contribution in [3.05, 3.63) is 163 Å². The van der Waals surface area contributed by atoms with Crippen LogP contribution in [0.5, 0.6) is 0 Å². The SMILES string of the molecule is CC1C(C)C(C)C(C)C1C.N#CC1[C-]=C1c1ccccc1.[Ru+2].c1ccc(P(CCCP(c2ccccc2)c2ccccc2)c2ccccc2)cc1. The third-order valence-corrected chi connectivity index (χ3v) is 16.1. The first-order chi connectivity index (χ1) is 24.4. The number of benzene rings is 5. The average molecular weight is 794 g/mol. The summed E-state index contributed by atoms with van der Waals surface area (Å²) >= 11 is 0. The van der Waals surface area contributed by atoms with Crippen LogP contribution in [0.2, 0.25) is 0 Å². The summed E-state index contributed by atoms with van der Waals surface area (Å²) in [4.78, 5) is 0. The number of hydrogen-bond acceptors (Lipinski definition) is 1. The molecule has 0 radical (unpaired) electrons. The Morgan fingerprint density at radius 3 is 1.00 bits per heavy atom. The van der Waals surface area contributed by atoms with Crippen LogP contribution < -0.4 is 21.2 Å². The topological polar surface area (TPSA) is 23.8 Å². The molecule has 262 valence electrons. The maximum atomic E-state index is 8.50. The first-order valence-electron chi connectivity index (χ1n) is 18.2. The zero-order chi connectivity index (χ0) is 35.3. The van der Waals surface area contributed by atoms with Crippen molar-refractivity contribution >= 4 is 42.6 Å². The summed E-state index contributed by atoms with van der Waals surface area (Å²) in [6.07, 6.45) is 6.71. The summed E-state index contributed by atoms with van der Waals surface area (Å²) in [5.41, 5.74) is 2.17. The second-order valence-corrected chi connectivity index (χ2v) is 18.5. The summed E-state index contributed by atoms with van der Waals surface area (Å²) < 4.78 is 0. The third kappa shape index (κ3) is 11.4. The van der Waals surface area contributed by atoms with Gasteiger partial charge in [0.2, 0.25) is 0 Å². The van der Waals surface area contributed by atoms with E-state index in [4.69, 9.17) is 5.26 Å². The maximum Gasteiger partial charge on any atom is 2.00 e. The molecular weight excluding hydrogens is 742 g/mol. The van der Waals surface area contributed by atoms with Gasteiger partial charge >= 0.3 is 19.5 Å². The minimum Gasteiger partial charge on any atom is -0.252 e. The van der Waals surface area contributed by atoms with E-state index >= 15 is 0 Å². The van der Waals surface area contributed by atoms with Gasteiger partial charge in [-0.05, 0) is 91.3 Å². The van der Waals surface area contributed by atoms with Gasteiger partial charge in [0.1, 0.15) is 0 Å². The number of rotatable bonds is 9. The van der Waals surface area contributed by atoms with Crippen LogP contribution in [-0.4, -0.2) is 12.3 Å². The molecule has 5 aromatic carbocycles. The molecule has 0 bridgehead atoms. The predicted molar refractivity (Wildman–Crippen MR) is 221 cm³/mol. The van der Waals surface area contributed by atoms with E-state index in [1.807, 2.05) is 30.3 Å². The van der Waals surface area contributed by atoms with E-state index in [2.05, 4.69) is 168 Å². The van der Waals surface area contributed by atoms with Gasteiger partial charge in [0.05, 0.1) is 6.07 Å². The molecule has 51 heavy (non-hydrogen) atoms. The molecule has 2 aliphatic carbocycles. The molecule has 0 aromatic heterocycles. The molecule has 4 heteroatoms. The predicted octanol–water partition coefficient (Wildman–Crippen LogP) is 10.8. The van der Waals surface area contributed by atoms with Crippen LogP contribution in [0, 0.1) is 52.9 Å².